The minimum Gasteiger partial charge on any atom is -1.00 e. The van der Waals surface area contributed by atoms with Crippen molar-refractivity contribution in [2.24, 2.45) is 0 Å². The molecule has 0 aromatic rings. The molecule has 0 radical (unpaired) electrons. The molecule has 1 atom stereocenters. The Hall–Kier alpha value is 0.570. The molecule has 0 bridgehead atoms. The van der Waals surface area contributed by atoms with Crippen molar-refractivity contribution in [2.75, 3.05) is 18.8 Å². The van der Waals surface area contributed by atoms with Crippen LogP contribution in [0.15, 0.2) is 12.7 Å². The summed E-state index contributed by atoms with van der Waals surface area (Å²) in [6.45, 7) is 4.03. The average Bonchev–Trinajstić information content (AvgIpc) is 1.84. The van der Waals surface area contributed by atoms with Crippen LogP contribution in [0.3, 0.4) is 0 Å². The number of hydrogen-bond acceptors (Lipinski definition) is 4. The fourth-order valence-electron chi connectivity index (χ4n) is 0.654. The third-order valence-electron chi connectivity index (χ3n) is 1.07. The van der Waals surface area contributed by atoms with Gasteiger partial charge in [0.05, 0.1) is 6.10 Å². The summed E-state index contributed by atoms with van der Waals surface area (Å²) in [6, 6.07) is 0. The van der Waals surface area contributed by atoms with Crippen LogP contribution >= 0.6 is 0 Å². The summed E-state index contributed by atoms with van der Waals surface area (Å²) in [7, 11) is -4.08. The van der Waals surface area contributed by atoms with E-state index in [4.69, 9.17) is 9.66 Å². The van der Waals surface area contributed by atoms with Crippen molar-refractivity contribution in [3.63, 3.8) is 0 Å². The van der Waals surface area contributed by atoms with Crippen LogP contribution < -0.4 is 34.9 Å². The van der Waals surface area contributed by atoms with E-state index >= 15 is 0 Å². The fraction of sp³-hybridized carbons (Fsp3) is 0.667. The van der Waals surface area contributed by atoms with Crippen LogP contribution in [0.4, 0.5) is 0 Å². The van der Waals surface area contributed by atoms with Crippen LogP contribution in [0.2, 0.25) is 0 Å². The second kappa shape index (κ2) is 7.93. The van der Waals surface area contributed by atoms with Crippen LogP contribution in [-0.4, -0.2) is 43.0 Å². The maximum Gasteiger partial charge on any atom is 1.00 e. The SMILES string of the molecule is C=CCNCC(O)CS(=O)(=O)O.[H-].[Na+]. The zero-order chi connectivity index (χ0) is 9.61. The first-order valence-corrected chi connectivity index (χ1v) is 5.01. The van der Waals surface area contributed by atoms with E-state index in [2.05, 4.69) is 11.9 Å². The van der Waals surface area contributed by atoms with Crippen LogP contribution in [0.25, 0.3) is 0 Å². The van der Waals surface area contributed by atoms with E-state index in [0.29, 0.717) is 6.54 Å². The molecule has 3 N–H and O–H groups in total. The Morgan fingerprint density at radius 3 is 2.54 bits per heavy atom. The summed E-state index contributed by atoms with van der Waals surface area (Å²) in [4.78, 5) is 0. The molecule has 5 nitrogen and oxygen atoms in total. The third kappa shape index (κ3) is 12.6. The van der Waals surface area contributed by atoms with Gasteiger partial charge in [0.25, 0.3) is 10.1 Å². The topological polar surface area (TPSA) is 86.6 Å². The van der Waals surface area contributed by atoms with Gasteiger partial charge in [-0.05, 0) is 0 Å². The zero-order valence-electron chi connectivity index (χ0n) is 8.60. The van der Waals surface area contributed by atoms with Crippen molar-refractivity contribution < 1.29 is 49.1 Å². The molecule has 0 spiro atoms. The largest absolute Gasteiger partial charge is 1.00 e. The summed E-state index contributed by atoms with van der Waals surface area (Å²) < 4.78 is 28.8. The first kappa shape index (κ1) is 16.0. The van der Waals surface area contributed by atoms with Gasteiger partial charge in [0.2, 0.25) is 0 Å². The molecule has 0 amide bonds. The molecule has 0 aliphatic carbocycles. The molecule has 0 aliphatic heterocycles. The average molecular weight is 219 g/mol. The first-order chi connectivity index (χ1) is 5.45. The maximum atomic E-state index is 10.2. The summed E-state index contributed by atoms with van der Waals surface area (Å²) in [5.74, 6) is -0.642. The monoisotopic (exact) mass is 219 g/mol. The summed E-state index contributed by atoms with van der Waals surface area (Å²) in [5, 5.41) is 11.7. The number of aliphatic hydroxyl groups is 1. The Labute approximate surface area is 102 Å². The predicted octanol–water partition coefficient (Wildman–Crippen LogP) is -3.87. The van der Waals surface area contributed by atoms with Crippen molar-refractivity contribution in [1.82, 2.24) is 5.32 Å². The van der Waals surface area contributed by atoms with Gasteiger partial charge >= 0.3 is 29.6 Å². The number of hydrogen-bond donors (Lipinski definition) is 3. The van der Waals surface area contributed by atoms with Gasteiger partial charge < -0.3 is 11.8 Å². The Bertz CT molecular complexity index is 234. The van der Waals surface area contributed by atoms with E-state index in [0.717, 1.165) is 0 Å². The molecule has 7 heteroatoms. The van der Waals surface area contributed by atoms with Gasteiger partial charge in [-0.15, -0.1) is 6.58 Å². The molecule has 13 heavy (non-hydrogen) atoms. The predicted molar refractivity (Wildman–Crippen MR) is 46.6 cm³/mol. The Kier molecular flexibility index (Phi) is 9.77. The molecule has 1 unspecified atom stereocenters. The van der Waals surface area contributed by atoms with E-state index < -0.39 is 22.0 Å². The Morgan fingerprint density at radius 1 is 1.62 bits per heavy atom. The standard InChI is InChI=1S/C6H13NO4S.Na.H/c1-2-3-7-4-6(8)5-12(9,10)11;;/h2,6-8H,1,3-5H2,(H,9,10,11);;/q;+1;-1. The Balaban J connectivity index is -0.000000605. The molecule has 0 saturated carbocycles. The first-order valence-electron chi connectivity index (χ1n) is 3.40. The molecule has 0 aromatic heterocycles. The number of aliphatic hydroxyl groups excluding tert-OH is 1. The van der Waals surface area contributed by atoms with E-state index in [9.17, 15) is 8.42 Å². The van der Waals surface area contributed by atoms with Gasteiger partial charge in [-0.25, -0.2) is 0 Å². The van der Waals surface area contributed by atoms with E-state index in [1.807, 2.05) is 0 Å². The van der Waals surface area contributed by atoms with Gasteiger partial charge in [-0.3, -0.25) is 4.55 Å². The van der Waals surface area contributed by atoms with Crippen LogP contribution in [0, 0.1) is 0 Å². The molecule has 0 aromatic carbocycles. The number of rotatable bonds is 6. The van der Waals surface area contributed by atoms with Crippen molar-refractivity contribution in [2.45, 2.75) is 6.10 Å². The maximum absolute atomic E-state index is 10.2. The van der Waals surface area contributed by atoms with E-state index in [-0.39, 0.29) is 37.5 Å². The third-order valence-corrected chi connectivity index (χ3v) is 1.88. The van der Waals surface area contributed by atoms with E-state index in [1.165, 1.54) is 0 Å². The molecule has 0 rings (SSSR count). The zero-order valence-corrected chi connectivity index (χ0v) is 10.4. The quantitative estimate of drug-likeness (QED) is 0.184. The van der Waals surface area contributed by atoms with Crippen molar-refractivity contribution in [3.05, 3.63) is 12.7 Å². The van der Waals surface area contributed by atoms with Gasteiger partial charge in [0.15, 0.2) is 0 Å². The Morgan fingerprint density at radius 2 is 2.15 bits per heavy atom. The van der Waals surface area contributed by atoms with E-state index in [1.54, 1.807) is 6.08 Å². The summed E-state index contributed by atoms with van der Waals surface area (Å²) in [6.07, 6.45) is 0.500. The summed E-state index contributed by atoms with van der Waals surface area (Å²) in [5.41, 5.74) is 0. The van der Waals surface area contributed by atoms with Crippen molar-refractivity contribution in [3.8, 4) is 0 Å². The van der Waals surface area contributed by atoms with Gasteiger partial charge in [-0.1, -0.05) is 6.08 Å². The van der Waals surface area contributed by atoms with Crippen molar-refractivity contribution in [1.29, 1.82) is 0 Å². The van der Waals surface area contributed by atoms with Crippen LogP contribution in [0.5, 0.6) is 0 Å². The molecular weight excluding hydrogens is 205 g/mol. The smallest absolute Gasteiger partial charge is 1.00 e. The minimum absolute atomic E-state index is 0. The molecule has 0 fully saturated rings. The molecule has 0 aliphatic rings. The van der Waals surface area contributed by atoms with Crippen LogP contribution in [0.1, 0.15) is 1.43 Å². The molecule has 0 heterocycles. The molecule has 74 valence electrons. The van der Waals surface area contributed by atoms with Gasteiger partial charge in [0, 0.05) is 13.1 Å². The second-order valence-electron chi connectivity index (χ2n) is 2.35. The fourth-order valence-corrected chi connectivity index (χ4v) is 1.26. The molecule has 0 saturated heterocycles. The number of nitrogens with one attached hydrogen (secondary N) is 1. The molecular formula is C6H14NNaO4S. The van der Waals surface area contributed by atoms with Gasteiger partial charge in [-0.2, -0.15) is 8.42 Å². The normalized spacial score (nSPS) is 13.1. The van der Waals surface area contributed by atoms with Crippen molar-refractivity contribution >= 4 is 10.1 Å². The van der Waals surface area contributed by atoms with Crippen LogP contribution in [-0.2, 0) is 10.1 Å². The minimum atomic E-state index is -4.08. The van der Waals surface area contributed by atoms with Gasteiger partial charge in [0.1, 0.15) is 5.75 Å². The second-order valence-corrected chi connectivity index (χ2v) is 3.85. The summed E-state index contributed by atoms with van der Waals surface area (Å²) >= 11 is 0.